The molecule has 0 saturated carbocycles. The van der Waals surface area contributed by atoms with Crippen LogP contribution in [0.2, 0.25) is 0 Å². The van der Waals surface area contributed by atoms with Gasteiger partial charge in [0, 0.05) is 23.5 Å². The predicted molar refractivity (Wildman–Crippen MR) is 67.6 cm³/mol. The molecule has 21 heavy (non-hydrogen) atoms. The molecular formula is C14H9F3N2O2. The van der Waals surface area contributed by atoms with Gasteiger partial charge in [-0.05, 0) is 24.3 Å². The highest BCUT2D eigenvalue weighted by Crippen LogP contribution is 2.38. The minimum absolute atomic E-state index is 0.0563. The molecule has 1 heterocycles. The number of methoxy groups -OCH3 is 1. The number of rotatable bonds is 3. The van der Waals surface area contributed by atoms with Crippen molar-refractivity contribution in [2.45, 2.75) is 6.36 Å². The van der Waals surface area contributed by atoms with E-state index in [4.69, 9.17) is 10.00 Å². The molecule has 0 aliphatic carbocycles. The Morgan fingerprint density at radius 1 is 1.14 bits per heavy atom. The van der Waals surface area contributed by atoms with Crippen molar-refractivity contribution in [1.82, 2.24) is 4.98 Å². The van der Waals surface area contributed by atoms with Gasteiger partial charge in [0.05, 0.1) is 18.7 Å². The van der Waals surface area contributed by atoms with Gasteiger partial charge in [0.2, 0.25) is 0 Å². The van der Waals surface area contributed by atoms with E-state index >= 15 is 0 Å². The van der Waals surface area contributed by atoms with E-state index in [1.165, 1.54) is 37.7 Å². The molecule has 0 atom stereocenters. The van der Waals surface area contributed by atoms with Crippen LogP contribution in [0.4, 0.5) is 13.2 Å². The van der Waals surface area contributed by atoms with Gasteiger partial charge in [-0.15, -0.1) is 13.2 Å². The number of ether oxygens (including phenoxy) is 2. The molecule has 0 spiro atoms. The molecule has 4 nitrogen and oxygen atoms in total. The van der Waals surface area contributed by atoms with Crippen LogP contribution >= 0.6 is 0 Å². The second-order valence-electron chi connectivity index (χ2n) is 3.95. The van der Waals surface area contributed by atoms with E-state index in [0.717, 1.165) is 6.07 Å². The number of alkyl halides is 3. The highest BCUT2D eigenvalue weighted by atomic mass is 19.4. The van der Waals surface area contributed by atoms with E-state index in [-0.39, 0.29) is 11.1 Å². The maximum Gasteiger partial charge on any atom is 0.573 e. The molecule has 108 valence electrons. The third-order valence-electron chi connectivity index (χ3n) is 2.63. The van der Waals surface area contributed by atoms with Crippen molar-refractivity contribution in [3.8, 4) is 28.7 Å². The minimum atomic E-state index is -4.86. The van der Waals surface area contributed by atoms with Gasteiger partial charge >= 0.3 is 6.36 Å². The van der Waals surface area contributed by atoms with Gasteiger partial charge in [-0.3, -0.25) is 4.98 Å². The summed E-state index contributed by atoms with van der Waals surface area (Å²) in [4.78, 5) is 3.87. The summed E-state index contributed by atoms with van der Waals surface area (Å²) in [5.74, 6) is -0.130. The van der Waals surface area contributed by atoms with Crippen LogP contribution in [0, 0.1) is 11.3 Å². The number of hydrogen-bond donors (Lipinski definition) is 0. The molecule has 0 aliphatic heterocycles. The largest absolute Gasteiger partial charge is 0.573 e. The topological polar surface area (TPSA) is 55.1 Å². The molecule has 7 heteroatoms. The predicted octanol–water partition coefficient (Wildman–Crippen LogP) is 3.53. The Hall–Kier alpha value is -2.75. The molecule has 2 rings (SSSR count). The smallest absolute Gasteiger partial charge is 0.496 e. The average Bonchev–Trinajstić information content (AvgIpc) is 2.45. The van der Waals surface area contributed by atoms with Crippen molar-refractivity contribution in [2.75, 3.05) is 7.11 Å². The zero-order chi connectivity index (χ0) is 15.5. The van der Waals surface area contributed by atoms with Crippen molar-refractivity contribution < 1.29 is 22.6 Å². The van der Waals surface area contributed by atoms with Crippen molar-refractivity contribution >= 4 is 0 Å². The lowest BCUT2D eigenvalue weighted by Crippen LogP contribution is -2.17. The summed E-state index contributed by atoms with van der Waals surface area (Å²) >= 11 is 0. The lowest BCUT2D eigenvalue weighted by Gasteiger charge is -2.15. The van der Waals surface area contributed by atoms with Crippen LogP contribution in [0.1, 0.15) is 5.56 Å². The summed E-state index contributed by atoms with van der Waals surface area (Å²) in [5.41, 5.74) is 0.529. The van der Waals surface area contributed by atoms with Gasteiger partial charge in [0.15, 0.2) is 0 Å². The van der Waals surface area contributed by atoms with Crippen LogP contribution in [0.25, 0.3) is 11.1 Å². The first kappa shape index (κ1) is 14.7. The van der Waals surface area contributed by atoms with Crippen LogP contribution in [-0.2, 0) is 0 Å². The molecule has 0 N–H and O–H groups in total. The maximum atomic E-state index is 12.5. The molecule has 1 aromatic carbocycles. The second kappa shape index (κ2) is 5.71. The zero-order valence-electron chi connectivity index (χ0n) is 10.8. The van der Waals surface area contributed by atoms with Crippen LogP contribution in [-0.4, -0.2) is 18.5 Å². The third kappa shape index (κ3) is 3.42. The lowest BCUT2D eigenvalue weighted by molar-refractivity contribution is -0.274. The Bertz CT molecular complexity index is 693. The summed E-state index contributed by atoms with van der Waals surface area (Å²) in [6.45, 7) is 0. The van der Waals surface area contributed by atoms with Crippen LogP contribution in [0.15, 0.2) is 36.7 Å². The first-order valence-electron chi connectivity index (χ1n) is 5.73. The molecule has 1 aromatic heterocycles. The average molecular weight is 294 g/mol. The van der Waals surface area contributed by atoms with Crippen LogP contribution in [0.3, 0.4) is 0 Å². The highest BCUT2D eigenvalue weighted by Gasteiger charge is 2.32. The van der Waals surface area contributed by atoms with E-state index < -0.39 is 12.1 Å². The summed E-state index contributed by atoms with van der Waals surface area (Å²) < 4.78 is 46.6. The Balaban J connectivity index is 2.60. The number of halogens is 3. The number of aromatic nitrogens is 1. The SMILES string of the molecule is COc1ccncc1-c1ccc(C#N)cc1OC(F)(F)F. The number of nitrogens with zero attached hydrogens (tertiary/aromatic N) is 2. The van der Waals surface area contributed by atoms with Gasteiger partial charge < -0.3 is 9.47 Å². The quantitative estimate of drug-likeness (QED) is 0.869. The van der Waals surface area contributed by atoms with E-state index in [0.29, 0.717) is 11.3 Å². The molecule has 0 unspecified atom stereocenters. The Kier molecular flexibility index (Phi) is 3.98. The minimum Gasteiger partial charge on any atom is -0.496 e. The normalized spacial score (nSPS) is 10.8. The molecule has 0 saturated heterocycles. The summed E-state index contributed by atoms with van der Waals surface area (Å²) in [6.07, 6.45) is -2.04. The van der Waals surface area contributed by atoms with E-state index in [2.05, 4.69) is 9.72 Å². The third-order valence-corrected chi connectivity index (χ3v) is 2.63. The van der Waals surface area contributed by atoms with Crippen molar-refractivity contribution in [3.05, 3.63) is 42.2 Å². The van der Waals surface area contributed by atoms with Crippen LogP contribution < -0.4 is 9.47 Å². The van der Waals surface area contributed by atoms with Crippen molar-refractivity contribution in [1.29, 1.82) is 5.26 Å². The fraction of sp³-hybridized carbons (Fsp3) is 0.143. The molecular weight excluding hydrogens is 285 g/mol. The molecule has 0 bridgehead atoms. The van der Waals surface area contributed by atoms with E-state index in [1.807, 2.05) is 0 Å². The Morgan fingerprint density at radius 2 is 1.90 bits per heavy atom. The fourth-order valence-corrected chi connectivity index (χ4v) is 1.79. The summed E-state index contributed by atoms with van der Waals surface area (Å²) in [6, 6.07) is 7.06. The van der Waals surface area contributed by atoms with Crippen molar-refractivity contribution in [3.63, 3.8) is 0 Å². The number of nitriles is 1. The Labute approximate surface area is 118 Å². The molecule has 0 aliphatic rings. The van der Waals surface area contributed by atoms with Crippen LogP contribution in [0.5, 0.6) is 11.5 Å². The van der Waals surface area contributed by atoms with Gasteiger partial charge in [-0.2, -0.15) is 5.26 Å². The van der Waals surface area contributed by atoms with Gasteiger partial charge in [-0.25, -0.2) is 0 Å². The molecule has 2 aromatic rings. The standard InChI is InChI=1S/C14H9F3N2O2/c1-20-12-4-5-19-8-11(12)10-3-2-9(7-18)6-13(10)21-14(15,16)17/h2-6,8H,1H3. The van der Waals surface area contributed by atoms with E-state index in [9.17, 15) is 13.2 Å². The van der Waals surface area contributed by atoms with Gasteiger partial charge in [-0.1, -0.05) is 0 Å². The first-order valence-corrected chi connectivity index (χ1v) is 5.73. The summed E-state index contributed by atoms with van der Waals surface area (Å²) in [5, 5.41) is 8.80. The number of pyridine rings is 1. The molecule has 0 fully saturated rings. The summed E-state index contributed by atoms with van der Waals surface area (Å²) in [7, 11) is 1.40. The highest BCUT2D eigenvalue weighted by molar-refractivity contribution is 5.75. The molecule has 0 radical (unpaired) electrons. The number of hydrogen-bond acceptors (Lipinski definition) is 4. The monoisotopic (exact) mass is 294 g/mol. The second-order valence-corrected chi connectivity index (χ2v) is 3.95. The van der Waals surface area contributed by atoms with Crippen molar-refractivity contribution in [2.24, 2.45) is 0 Å². The molecule has 0 amide bonds. The lowest BCUT2D eigenvalue weighted by atomic mass is 10.0. The zero-order valence-corrected chi connectivity index (χ0v) is 10.8. The van der Waals surface area contributed by atoms with Gasteiger partial charge in [0.1, 0.15) is 11.5 Å². The van der Waals surface area contributed by atoms with Gasteiger partial charge in [0.25, 0.3) is 0 Å². The Morgan fingerprint density at radius 3 is 2.52 bits per heavy atom. The fourth-order valence-electron chi connectivity index (χ4n) is 1.79. The first-order chi connectivity index (χ1) is 9.94. The number of benzene rings is 1. The van der Waals surface area contributed by atoms with E-state index in [1.54, 1.807) is 6.07 Å². The maximum absolute atomic E-state index is 12.5.